The minimum atomic E-state index is -0.568. The average molecular weight is 462 g/mol. The molecule has 1 aliphatic heterocycles. The summed E-state index contributed by atoms with van der Waals surface area (Å²) in [7, 11) is 0. The predicted octanol–water partition coefficient (Wildman–Crippen LogP) is 3.98. The molecule has 8 nitrogen and oxygen atoms in total. The van der Waals surface area contributed by atoms with Crippen molar-refractivity contribution in [2.45, 2.75) is 45.6 Å². The van der Waals surface area contributed by atoms with Crippen molar-refractivity contribution in [1.29, 1.82) is 0 Å². The summed E-state index contributed by atoms with van der Waals surface area (Å²) in [5, 5.41) is 7.01. The molecule has 34 heavy (non-hydrogen) atoms. The van der Waals surface area contributed by atoms with Crippen molar-refractivity contribution in [2.24, 2.45) is 11.7 Å². The first-order chi connectivity index (χ1) is 16.2. The lowest BCUT2D eigenvalue weighted by molar-refractivity contribution is -0.121. The molecule has 3 aromatic rings. The number of para-hydroxylation sites is 1. The molecule has 1 unspecified atom stereocenters. The average Bonchev–Trinajstić information content (AvgIpc) is 3.27. The third-order valence-corrected chi connectivity index (χ3v) is 6.16. The van der Waals surface area contributed by atoms with Gasteiger partial charge in [0, 0.05) is 12.1 Å². The summed E-state index contributed by atoms with van der Waals surface area (Å²) in [6.07, 6.45) is 1.65. The van der Waals surface area contributed by atoms with Crippen LogP contribution in [0.5, 0.6) is 0 Å². The van der Waals surface area contributed by atoms with Crippen molar-refractivity contribution in [2.75, 3.05) is 18.4 Å². The first-order valence-corrected chi connectivity index (χ1v) is 11.6. The molecule has 2 aromatic carbocycles. The number of nitrogens with two attached hydrogens (primary N) is 1. The van der Waals surface area contributed by atoms with Gasteiger partial charge in [-0.3, -0.25) is 14.5 Å². The minimum Gasteiger partial charge on any atom is -0.366 e. The number of anilines is 1. The molecule has 3 N–H and O–H groups in total. The Bertz CT molecular complexity index is 1160. The number of rotatable bonds is 6. The van der Waals surface area contributed by atoms with E-state index in [0.29, 0.717) is 36.1 Å². The third kappa shape index (κ3) is 5.51. The van der Waals surface area contributed by atoms with Crippen LogP contribution >= 0.6 is 0 Å². The van der Waals surface area contributed by atoms with Crippen LogP contribution < -0.4 is 11.1 Å². The Morgan fingerprint density at radius 3 is 2.59 bits per heavy atom. The zero-order valence-corrected chi connectivity index (χ0v) is 19.9. The van der Waals surface area contributed by atoms with Crippen LogP contribution in [-0.4, -0.2) is 39.9 Å². The molecular weight excluding hydrogens is 430 g/mol. The fourth-order valence-electron chi connectivity index (χ4n) is 4.20. The van der Waals surface area contributed by atoms with Crippen molar-refractivity contribution < 1.29 is 14.1 Å². The lowest BCUT2D eigenvalue weighted by Gasteiger charge is -2.31. The Labute approximate surface area is 199 Å². The highest BCUT2D eigenvalue weighted by atomic mass is 16.5. The fourth-order valence-corrected chi connectivity index (χ4v) is 4.20. The number of aromatic nitrogens is 2. The summed E-state index contributed by atoms with van der Waals surface area (Å²) < 4.78 is 5.50. The Hall–Kier alpha value is -3.52. The van der Waals surface area contributed by atoms with Crippen LogP contribution in [-0.2, 0) is 16.8 Å². The molecule has 2 amide bonds. The number of carbonyl (C=O) groups excluding carboxylic acids is 2. The van der Waals surface area contributed by atoms with Crippen molar-refractivity contribution >= 4 is 17.5 Å². The maximum atomic E-state index is 12.9. The molecule has 1 aliphatic rings. The van der Waals surface area contributed by atoms with E-state index in [-0.39, 0.29) is 17.2 Å². The number of hydrogen-bond acceptors (Lipinski definition) is 6. The van der Waals surface area contributed by atoms with E-state index in [9.17, 15) is 9.59 Å². The molecule has 4 rings (SSSR count). The highest BCUT2D eigenvalue weighted by molar-refractivity contribution is 6.03. The molecule has 0 spiro atoms. The number of nitrogens with one attached hydrogen (secondary N) is 1. The van der Waals surface area contributed by atoms with Gasteiger partial charge >= 0.3 is 0 Å². The highest BCUT2D eigenvalue weighted by Gasteiger charge is 2.27. The van der Waals surface area contributed by atoms with Crippen molar-refractivity contribution in [3.05, 3.63) is 65.5 Å². The van der Waals surface area contributed by atoms with E-state index in [1.165, 1.54) is 5.56 Å². The van der Waals surface area contributed by atoms with Gasteiger partial charge < -0.3 is 15.6 Å². The molecule has 8 heteroatoms. The molecule has 1 atom stereocenters. The Kier molecular flexibility index (Phi) is 6.79. The summed E-state index contributed by atoms with van der Waals surface area (Å²) in [5.41, 5.74) is 8.41. The molecule has 178 valence electrons. The summed E-state index contributed by atoms with van der Waals surface area (Å²) in [5.74, 6) is 0.187. The standard InChI is InChI=1S/C26H31N5O3/c1-26(2,3)19-12-10-17(11-13-19)24-29-22(34-30-24)16-31-14-6-7-18(15-31)25(33)28-21-9-5-4-8-20(21)23(27)32/h4-5,8-13,18H,6-7,14-16H2,1-3H3,(H2,27,32)(H,28,33). The van der Waals surface area contributed by atoms with Crippen LogP contribution in [0.4, 0.5) is 5.69 Å². The molecule has 0 bridgehead atoms. The van der Waals surface area contributed by atoms with Crippen molar-refractivity contribution in [3.63, 3.8) is 0 Å². The van der Waals surface area contributed by atoms with E-state index in [0.717, 1.165) is 24.9 Å². The topological polar surface area (TPSA) is 114 Å². The van der Waals surface area contributed by atoms with Crippen LogP contribution in [0.3, 0.4) is 0 Å². The van der Waals surface area contributed by atoms with Gasteiger partial charge in [0.15, 0.2) is 0 Å². The third-order valence-electron chi connectivity index (χ3n) is 6.16. The summed E-state index contributed by atoms with van der Waals surface area (Å²) in [4.78, 5) is 31.2. The van der Waals surface area contributed by atoms with E-state index in [2.05, 4.69) is 53.3 Å². The second-order valence-electron chi connectivity index (χ2n) is 9.81. The van der Waals surface area contributed by atoms with Gasteiger partial charge in [0.05, 0.1) is 23.7 Å². The Balaban J connectivity index is 1.38. The smallest absolute Gasteiger partial charge is 0.250 e. The molecule has 1 fully saturated rings. The molecule has 1 aromatic heterocycles. The van der Waals surface area contributed by atoms with Gasteiger partial charge in [0.2, 0.25) is 17.6 Å². The van der Waals surface area contributed by atoms with Crippen molar-refractivity contribution in [1.82, 2.24) is 15.0 Å². The predicted molar refractivity (Wildman–Crippen MR) is 130 cm³/mol. The lowest BCUT2D eigenvalue weighted by Crippen LogP contribution is -2.40. The Morgan fingerprint density at radius 2 is 1.88 bits per heavy atom. The van der Waals surface area contributed by atoms with Gasteiger partial charge in [-0.2, -0.15) is 4.98 Å². The van der Waals surface area contributed by atoms with Crippen LogP contribution in [0.2, 0.25) is 0 Å². The number of benzene rings is 2. The van der Waals surface area contributed by atoms with Crippen LogP contribution in [0.25, 0.3) is 11.4 Å². The lowest BCUT2D eigenvalue weighted by atomic mass is 9.87. The van der Waals surface area contributed by atoms with E-state index in [4.69, 9.17) is 10.3 Å². The molecular formula is C26H31N5O3. The number of nitrogens with zero attached hydrogens (tertiary/aromatic N) is 3. The summed E-state index contributed by atoms with van der Waals surface area (Å²) in [6.45, 7) is 8.43. The summed E-state index contributed by atoms with van der Waals surface area (Å²) in [6, 6.07) is 15.0. The van der Waals surface area contributed by atoms with Gasteiger partial charge in [-0.05, 0) is 42.5 Å². The number of carbonyl (C=O) groups is 2. The van der Waals surface area contributed by atoms with Gasteiger partial charge in [-0.25, -0.2) is 0 Å². The number of amides is 2. The maximum absolute atomic E-state index is 12.9. The van der Waals surface area contributed by atoms with E-state index in [1.807, 2.05) is 12.1 Å². The van der Waals surface area contributed by atoms with Gasteiger partial charge in [-0.1, -0.05) is 62.3 Å². The van der Waals surface area contributed by atoms with Gasteiger partial charge in [0.25, 0.3) is 5.91 Å². The fraction of sp³-hybridized carbons (Fsp3) is 0.385. The number of primary amides is 1. The largest absolute Gasteiger partial charge is 0.366 e. The maximum Gasteiger partial charge on any atom is 0.250 e. The van der Waals surface area contributed by atoms with Crippen LogP contribution in [0.15, 0.2) is 53.1 Å². The summed E-state index contributed by atoms with van der Waals surface area (Å²) >= 11 is 0. The van der Waals surface area contributed by atoms with E-state index >= 15 is 0 Å². The Morgan fingerprint density at radius 1 is 1.15 bits per heavy atom. The molecule has 0 radical (unpaired) electrons. The molecule has 0 saturated carbocycles. The molecule has 0 aliphatic carbocycles. The second-order valence-corrected chi connectivity index (χ2v) is 9.81. The van der Waals surface area contributed by atoms with Crippen LogP contribution in [0, 0.1) is 5.92 Å². The number of hydrogen-bond donors (Lipinski definition) is 2. The minimum absolute atomic E-state index is 0.0833. The van der Waals surface area contributed by atoms with E-state index < -0.39 is 5.91 Å². The SMILES string of the molecule is CC(C)(C)c1ccc(-c2noc(CN3CCCC(C(=O)Nc4ccccc4C(N)=O)C3)n2)cc1. The highest BCUT2D eigenvalue weighted by Crippen LogP contribution is 2.26. The van der Waals surface area contributed by atoms with Crippen LogP contribution in [0.1, 0.15) is 55.4 Å². The first-order valence-electron chi connectivity index (χ1n) is 11.6. The number of piperidine rings is 1. The zero-order valence-electron chi connectivity index (χ0n) is 19.9. The van der Waals surface area contributed by atoms with Gasteiger partial charge in [-0.15, -0.1) is 0 Å². The quantitative estimate of drug-likeness (QED) is 0.574. The van der Waals surface area contributed by atoms with Crippen molar-refractivity contribution in [3.8, 4) is 11.4 Å². The number of likely N-dealkylation sites (tertiary alicyclic amines) is 1. The zero-order chi connectivity index (χ0) is 24.3. The van der Waals surface area contributed by atoms with Gasteiger partial charge in [0.1, 0.15) is 0 Å². The second kappa shape index (κ2) is 9.77. The van der Waals surface area contributed by atoms with E-state index in [1.54, 1.807) is 24.3 Å². The molecule has 2 heterocycles. The normalized spacial score (nSPS) is 16.9. The first kappa shape index (κ1) is 23.6. The molecule has 1 saturated heterocycles. The monoisotopic (exact) mass is 461 g/mol.